The zero-order chi connectivity index (χ0) is 19.1. The summed E-state index contributed by atoms with van der Waals surface area (Å²) >= 11 is 5.87. The molecule has 3 aromatic carbocycles. The number of hydrogen-bond acceptors (Lipinski definition) is 3. The van der Waals surface area contributed by atoms with Gasteiger partial charge < -0.3 is 4.74 Å². The molecule has 0 aromatic heterocycles. The van der Waals surface area contributed by atoms with Gasteiger partial charge in [-0.05, 0) is 54.4 Å². The van der Waals surface area contributed by atoms with Crippen LogP contribution in [0.4, 0.5) is 0 Å². The highest BCUT2D eigenvalue weighted by atomic mass is 35.5. The number of halogens is 1. The first-order valence-corrected chi connectivity index (χ1v) is 8.87. The summed E-state index contributed by atoms with van der Waals surface area (Å²) in [5.41, 5.74) is 5.75. The zero-order valence-electron chi connectivity index (χ0n) is 14.9. The highest BCUT2D eigenvalue weighted by molar-refractivity contribution is 6.30. The van der Waals surface area contributed by atoms with E-state index in [0.717, 1.165) is 11.1 Å². The molecule has 1 N–H and O–H groups in total. The zero-order valence-corrected chi connectivity index (χ0v) is 15.6. The minimum absolute atomic E-state index is 0.280. The summed E-state index contributed by atoms with van der Waals surface area (Å²) < 4.78 is 5.72. The maximum absolute atomic E-state index is 12.2. The van der Waals surface area contributed by atoms with Gasteiger partial charge in [0.2, 0.25) is 0 Å². The van der Waals surface area contributed by atoms with E-state index in [0.29, 0.717) is 28.7 Å². The molecule has 3 rings (SSSR count). The van der Waals surface area contributed by atoms with E-state index < -0.39 is 0 Å². The second kappa shape index (κ2) is 9.01. The third-order valence-corrected chi connectivity index (χ3v) is 4.20. The van der Waals surface area contributed by atoms with E-state index in [1.54, 1.807) is 36.4 Å². The van der Waals surface area contributed by atoms with E-state index in [2.05, 4.69) is 10.5 Å². The third-order valence-electron chi connectivity index (χ3n) is 3.95. The minimum Gasteiger partial charge on any atom is -0.489 e. The van der Waals surface area contributed by atoms with E-state index >= 15 is 0 Å². The molecule has 0 radical (unpaired) electrons. The number of hydrazone groups is 1. The second-order valence-electron chi connectivity index (χ2n) is 5.94. The van der Waals surface area contributed by atoms with Gasteiger partial charge in [-0.15, -0.1) is 0 Å². The van der Waals surface area contributed by atoms with Gasteiger partial charge in [0.1, 0.15) is 12.4 Å². The lowest BCUT2D eigenvalue weighted by Gasteiger charge is -2.07. The van der Waals surface area contributed by atoms with Crippen LogP contribution < -0.4 is 10.2 Å². The van der Waals surface area contributed by atoms with Gasteiger partial charge in [-0.2, -0.15) is 5.10 Å². The summed E-state index contributed by atoms with van der Waals surface area (Å²) in [5, 5.41) is 4.80. The van der Waals surface area contributed by atoms with Gasteiger partial charge in [-0.3, -0.25) is 4.79 Å². The Morgan fingerprint density at radius 3 is 2.22 bits per heavy atom. The van der Waals surface area contributed by atoms with Crippen molar-refractivity contribution in [2.24, 2.45) is 5.10 Å². The molecule has 0 fully saturated rings. The van der Waals surface area contributed by atoms with Crippen molar-refractivity contribution in [2.45, 2.75) is 13.5 Å². The number of nitrogens with one attached hydrogen (secondary N) is 1. The van der Waals surface area contributed by atoms with Gasteiger partial charge >= 0.3 is 0 Å². The monoisotopic (exact) mass is 378 g/mol. The Morgan fingerprint density at radius 1 is 0.926 bits per heavy atom. The predicted octanol–water partition coefficient (Wildman–Crippen LogP) is 5.07. The molecule has 0 aliphatic rings. The minimum atomic E-state index is -0.280. The van der Waals surface area contributed by atoms with Crippen molar-refractivity contribution < 1.29 is 9.53 Å². The van der Waals surface area contributed by atoms with Crippen LogP contribution in [0.3, 0.4) is 0 Å². The maximum Gasteiger partial charge on any atom is 0.271 e. The smallest absolute Gasteiger partial charge is 0.271 e. The topological polar surface area (TPSA) is 50.7 Å². The molecule has 0 bridgehead atoms. The van der Waals surface area contributed by atoms with E-state index in [9.17, 15) is 4.79 Å². The molecule has 0 heterocycles. The normalized spacial score (nSPS) is 11.1. The Labute approximate surface area is 163 Å². The lowest BCUT2D eigenvalue weighted by atomic mass is 10.1. The summed E-state index contributed by atoms with van der Waals surface area (Å²) in [5.74, 6) is 0.425. The number of benzene rings is 3. The Hall–Kier alpha value is -3.11. The Kier molecular flexibility index (Phi) is 6.23. The van der Waals surface area contributed by atoms with Crippen molar-refractivity contribution in [3.8, 4) is 5.75 Å². The number of hydrogen-bond donors (Lipinski definition) is 1. The number of nitrogens with zero attached hydrogens (tertiary/aromatic N) is 1. The fourth-order valence-electron chi connectivity index (χ4n) is 2.40. The van der Waals surface area contributed by atoms with Gasteiger partial charge in [0.05, 0.1) is 5.71 Å². The van der Waals surface area contributed by atoms with Crippen molar-refractivity contribution in [1.82, 2.24) is 5.43 Å². The van der Waals surface area contributed by atoms with Gasteiger partial charge in [0.25, 0.3) is 5.91 Å². The lowest BCUT2D eigenvalue weighted by molar-refractivity contribution is 0.0955. The van der Waals surface area contributed by atoms with Crippen molar-refractivity contribution >= 4 is 23.2 Å². The first-order chi connectivity index (χ1) is 13.1. The molecule has 0 atom stereocenters. The van der Waals surface area contributed by atoms with Gasteiger partial charge in [-0.25, -0.2) is 5.43 Å². The predicted molar refractivity (Wildman–Crippen MR) is 108 cm³/mol. The Bertz CT molecular complexity index is 921. The fourth-order valence-corrected chi connectivity index (χ4v) is 2.52. The molecule has 4 nitrogen and oxygen atoms in total. The molecule has 0 unspecified atom stereocenters. The molecule has 5 heteroatoms. The van der Waals surface area contributed by atoms with E-state index in [1.807, 2.05) is 49.4 Å². The molecule has 0 aliphatic heterocycles. The van der Waals surface area contributed by atoms with Crippen LogP contribution in [0.5, 0.6) is 5.75 Å². The summed E-state index contributed by atoms with van der Waals surface area (Å²) in [6.45, 7) is 2.31. The van der Waals surface area contributed by atoms with Crippen LogP contribution in [0.1, 0.15) is 28.4 Å². The average Bonchev–Trinajstić information content (AvgIpc) is 2.72. The number of amides is 1. The van der Waals surface area contributed by atoms with Gasteiger partial charge in [-0.1, -0.05) is 54.1 Å². The van der Waals surface area contributed by atoms with Crippen molar-refractivity contribution in [1.29, 1.82) is 0 Å². The Morgan fingerprint density at radius 2 is 1.56 bits per heavy atom. The van der Waals surface area contributed by atoms with Crippen LogP contribution in [0.25, 0.3) is 0 Å². The molecule has 27 heavy (non-hydrogen) atoms. The lowest BCUT2D eigenvalue weighted by Crippen LogP contribution is -2.19. The van der Waals surface area contributed by atoms with E-state index in [4.69, 9.17) is 16.3 Å². The summed E-state index contributed by atoms with van der Waals surface area (Å²) in [7, 11) is 0. The van der Waals surface area contributed by atoms with Crippen molar-refractivity contribution in [2.75, 3.05) is 0 Å². The Balaban J connectivity index is 1.57. The van der Waals surface area contributed by atoms with Crippen LogP contribution >= 0.6 is 11.6 Å². The largest absolute Gasteiger partial charge is 0.489 e. The molecular weight excluding hydrogens is 360 g/mol. The molecule has 0 spiro atoms. The molecule has 0 aliphatic carbocycles. The third kappa shape index (κ3) is 5.43. The second-order valence-corrected chi connectivity index (χ2v) is 6.38. The van der Waals surface area contributed by atoms with E-state index in [-0.39, 0.29) is 5.91 Å². The summed E-state index contributed by atoms with van der Waals surface area (Å²) in [6, 6.07) is 24.2. The number of ether oxygens (including phenoxy) is 1. The molecule has 0 saturated heterocycles. The first-order valence-electron chi connectivity index (χ1n) is 8.49. The number of rotatable bonds is 6. The van der Waals surface area contributed by atoms with Crippen molar-refractivity contribution in [3.63, 3.8) is 0 Å². The first kappa shape index (κ1) is 18.7. The molecular formula is C22H19ClN2O2. The van der Waals surface area contributed by atoms with Crippen LogP contribution in [-0.2, 0) is 6.61 Å². The van der Waals surface area contributed by atoms with Crippen LogP contribution in [-0.4, -0.2) is 11.6 Å². The average molecular weight is 379 g/mol. The quantitative estimate of drug-likeness (QED) is 0.480. The molecule has 0 saturated carbocycles. The standard InChI is InChI=1S/C22H19ClN2O2/c1-16(18-7-11-20(23)12-8-18)24-25-22(26)19-9-13-21(14-10-19)27-15-17-5-3-2-4-6-17/h2-14H,15H2,1H3,(H,25,26). The molecule has 136 valence electrons. The van der Waals surface area contributed by atoms with Gasteiger partial charge in [0, 0.05) is 10.6 Å². The highest BCUT2D eigenvalue weighted by Crippen LogP contribution is 2.14. The van der Waals surface area contributed by atoms with E-state index in [1.165, 1.54) is 0 Å². The van der Waals surface area contributed by atoms with Crippen LogP contribution in [0.15, 0.2) is 84.0 Å². The highest BCUT2D eigenvalue weighted by Gasteiger charge is 2.06. The molecule has 3 aromatic rings. The maximum atomic E-state index is 12.2. The summed E-state index contributed by atoms with van der Waals surface area (Å²) in [6.07, 6.45) is 0. The fraction of sp³-hybridized carbons (Fsp3) is 0.0909. The van der Waals surface area contributed by atoms with Crippen LogP contribution in [0.2, 0.25) is 5.02 Å². The van der Waals surface area contributed by atoms with Crippen molar-refractivity contribution in [3.05, 3.63) is 101 Å². The number of carbonyl (C=O) groups is 1. The molecule has 1 amide bonds. The van der Waals surface area contributed by atoms with Gasteiger partial charge in [0.15, 0.2) is 0 Å². The number of carbonyl (C=O) groups excluding carboxylic acids is 1. The SMILES string of the molecule is CC(=NNC(=O)c1ccc(OCc2ccccc2)cc1)c1ccc(Cl)cc1. The summed E-state index contributed by atoms with van der Waals surface area (Å²) in [4.78, 5) is 12.2. The van der Waals surface area contributed by atoms with Crippen LogP contribution in [0, 0.1) is 0 Å².